The highest BCUT2D eigenvalue weighted by Gasteiger charge is 2.17. The molecule has 0 amide bonds. The Balaban J connectivity index is 0.000000980. The Morgan fingerprint density at radius 1 is 1.36 bits per heavy atom. The molecular formula is C10H15ClN2O. The van der Waals surface area contributed by atoms with E-state index in [4.69, 9.17) is 10.5 Å². The molecule has 0 saturated heterocycles. The minimum absolute atomic E-state index is 0. The first-order chi connectivity index (χ1) is 6.36. The maximum atomic E-state index is 5.72. The second-order valence-corrected chi connectivity index (χ2v) is 3.41. The molecule has 0 aromatic carbocycles. The van der Waals surface area contributed by atoms with Gasteiger partial charge >= 0.3 is 0 Å². The van der Waals surface area contributed by atoms with E-state index in [0.717, 1.165) is 18.6 Å². The summed E-state index contributed by atoms with van der Waals surface area (Å²) in [4.78, 5) is 3.97. The van der Waals surface area contributed by atoms with Gasteiger partial charge in [-0.25, -0.2) is 4.98 Å². The number of nitrogens with zero attached hydrogens (tertiary/aromatic N) is 1. The van der Waals surface area contributed by atoms with Gasteiger partial charge in [0, 0.05) is 6.20 Å². The average molecular weight is 215 g/mol. The summed E-state index contributed by atoms with van der Waals surface area (Å²) >= 11 is 0. The van der Waals surface area contributed by atoms with Crippen molar-refractivity contribution in [3.63, 3.8) is 0 Å². The Morgan fingerprint density at radius 3 is 2.71 bits per heavy atom. The van der Waals surface area contributed by atoms with Crippen LogP contribution in [0.3, 0.4) is 0 Å². The van der Waals surface area contributed by atoms with Crippen molar-refractivity contribution in [2.75, 3.05) is 5.73 Å². The van der Waals surface area contributed by atoms with Gasteiger partial charge in [0.1, 0.15) is 0 Å². The largest absolute Gasteiger partial charge is 0.487 e. The van der Waals surface area contributed by atoms with Crippen molar-refractivity contribution in [1.29, 1.82) is 0 Å². The summed E-state index contributed by atoms with van der Waals surface area (Å²) in [7, 11) is 0. The van der Waals surface area contributed by atoms with E-state index in [2.05, 4.69) is 4.98 Å². The number of nitrogens with two attached hydrogens (primary N) is 1. The minimum Gasteiger partial charge on any atom is -0.487 e. The van der Waals surface area contributed by atoms with Gasteiger partial charge in [0.2, 0.25) is 0 Å². The van der Waals surface area contributed by atoms with E-state index < -0.39 is 0 Å². The summed E-state index contributed by atoms with van der Waals surface area (Å²) in [5.41, 5.74) is 5.66. The van der Waals surface area contributed by atoms with Crippen molar-refractivity contribution in [2.24, 2.45) is 0 Å². The van der Waals surface area contributed by atoms with Crippen LogP contribution >= 0.6 is 12.4 Å². The average Bonchev–Trinajstić information content (AvgIpc) is 2.61. The van der Waals surface area contributed by atoms with Gasteiger partial charge in [0.05, 0.1) is 6.10 Å². The summed E-state index contributed by atoms with van der Waals surface area (Å²) in [5, 5.41) is 0. The molecule has 1 aliphatic rings. The smallest absolute Gasteiger partial charge is 0.166 e. The summed E-state index contributed by atoms with van der Waals surface area (Å²) in [6, 6.07) is 3.72. The third-order valence-corrected chi connectivity index (χ3v) is 2.40. The molecule has 78 valence electrons. The Hall–Kier alpha value is -0.960. The molecule has 1 aromatic rings. The summed E-state index contributed by atoms with van der Waals surface area (Å²) in [5.74, 6) is 1.23. The van der Waals surface area contributed by atoms with Crippen LogP contribution in [0.25, 0.3) is 0 Å². The molecule has 0 unspecified atom stereocenters. The van der Waals surface area contributed by atoms with Gasteiger partial charge < -0.3 is 10.5 Å². The highest BCUT2D eigenvalue weighted by molar-refractivity contribution is 5.85. The quantitative estimate of drug-likeness (QED) is 0.823. The Kier molecular flexibility index (Phi) is 4.01. The lowest BCUT2D eigenvalue weighted by molar-refractivity contribution is 0.210. The van der Waals surface area contributed by atoms with E-state index in [9.17, 15) is 0 Å². The van der Waals surface area contributed by atoms with Crippen LogP contribution in [0.5, 0.6) is 5.75 Å². The first-order valence-corrected chi connectivity index (χ1v) is 4.73. The van der Waals surface area contributed by atoms with Crippen LogP contribution < -0.4 is 10.5 Å². The first kappa shape index (κ1) is 11.1. The number of pyridine rings is 1. The third kappa shape index (κ3) is 2.51. The molecule has 0 radical (unpaired) electrons. The van der Waals surface area contributed by atoms with E-state index >= 15 is 0 Å². The van der Waals surface area contributed by atoms with Crippen LogP contribution in [-0.2, 0) is 0 Å². The lowest BCUT2D eigenvalue weighted by Crippen LogP contribution is -2.12. The van der Waals surface area contributed by atoms with Crippen LogP contribution in [0.15, 0.2) is 18.3 Å². The summed E-state index contributed by atoms with van der Waals surface area (Å²) < 4.78 is 5.72. The zero-order valence-electron chi connectivity index (χ0n) is 7.98. The van der Waals surface area contributed by atoms with Gasteiger partial charge in [-0.3, -0.25) is 0 Å². The second kappa shape index (κ2) is 5.05. The van der Waals surface area contributed by atoms with E-state index in [1.54, 1.807) is 6.20 Å². The summed E-state index contributed by atoms with van der Waals surface area (Å²) in [6.45, 7) is 0. The normalized spacial score (nSPS) is 16.3. The predicted molar refractivity (Wildman–Crippen MR) is 58.8 cm³/mol. The number of rotatable bonds is 2. The predicted octanol–water partition coefficient (Wildman–Crippen LogP) is 2.41. The van der Waals surface area contributed by atoms with Gasteiger partial charge in [-0.05, 0) is 37.8 Å². The van der Waals surface area contributed by atoms with Crippen LogP contribution in [0, 0.1) is 0 Å². The molecule has 4 heteroatoms. The number of aromatic nitrogens is 1. The SMILES string of the molecule is Cl.Nc1ncccc1OC1CCCC1. The number of nitrogen functional groups attached to an aromatic ring is 1. The van der Waals surface area contributed by atoms with Gasteiger partial charge in [0.15, 0.2) is 11.6 Å². The van der Waals surface area contributed by atoms with Crippen LogP contribution in [0.2, 0.25) is 0 Å². The van der Waals surface area contributed by atoms with Gasteiger partial charge in [-0.15, -0.1) is 12.4 Å². The van der Waals surface area contributed by atoms with Gasteiger partial charge in [-0.1, -0.05) is 0 Å². The third-order valence-electron chi connectivity index (χ3n) is 2.40. The van der Waals surface area contributed by atoms with Crippen molar-refractivity contribution >= 4 is 18.2 Å². The number of anilines is 1. The number of hydrogen-bond acceptors (Lipinski definition) is 3. The molecule has 0 spiro atoms. The molecule has 2 rings (SSSR count). The molecule has 3 nitrogen and oxygen atoms in total. The molecule has 1 heterocycles. The van der Waals surface area contributed by atoms with Crippen LogP contribution in [0.4, 0.5) is 5.82 Å². The van der Waals surface area contributed by atoms with Crippen molar-refractivity contribution in [3.05, 3.63) is 18.3 Å². The van der Waals surface area contributed by atoms with Crippen molar-refractivity contribution in [2.45, 2.75) is 31.8 Å². The van der Waals surface area contributed by atoms with Crippen molar-refractivity contribution < 1.29 is 4.74 Å². The second-order valence-electron chi connectivity index (χ2n) is 3.41. The Bertz CT molecular complexity index is 287. The van der Waals surface area contributed by atoms with Crippen LogP contribution in [0.1, 0.15) is 25.7 Å². The standard InChI is InChI=1S/C10H14N2O.ClH/c11-10-9(6-3-7-12-10)13-8-4-1-2-5-8;/h3,6-8H,1-2,4-5H2,(H2,11,12);1H. The summed E-state index contributed by atoms with van der Waals surface area (Å²) in [6.07, 6.45) is 6.86. The van der Waals surface area contributed by atoms with Gasteiger partial charge in [-0.2, -0.15) is 0 Å². The van der Waals surface area contributed by atoms with E-state index in [-0.39, 0.29) is 12.4 Å². The van der Waals surface area contributed by atoms with Gasteiger partial charge in [0.25, 0.3) is 0 Å². The van der Waals surface area contributed by atoms with Crippen LogP contribution in [-0.4, -0.2) is 11.1 Å². The maximum absolute atomic E-state index is 5.72. The zero-order chi connectivity index (χ0) is 9.10. The monoisotopic (exact) mass is 214 g/mol. The minimum atomic E-state index is 0. The molecule has 1 fully saturated rings. The van der Waals surface area contributed by atoms with E-state index in [1.165, 1.54) is 12.8 Å². The molecule has 1 aliphatic carbocycles. The fourth-order valence-corrected chi connectivity index (χ4v) is 1.69. The Labute approximate surface area is 90.1 Å². The lowest BCUT2D eigenvalue weighted by atomic mass is 10.3. The first-order valence-electron chi connectivity index (χ1n) is 4.73. The fraction of sp³-hybridized carbons (Fsp3) is 0.500. The molecule has 1 saturated carbocycles. The fourth-order valence-electron chi connectivity index (χ4n) is 1.69. The molecule has 2 N–H and O–H groups in total. The van der Waals surface area contributed by atoms with E-state index in [1.807, 2.05) is 12.1 Å². The molecule has 1 aromatic heterocycles. The number of hydrogen-bond donors (Lipinski definition) is 1. The Morgan fingerprint density at radius 2 is 2.07 bits per heavy atom. The highest BCUT2D eigenvalue weighted by Crippen LogP contribution is 2.26. The lowest BCUT2D eigenvalue weighted by Gasteiger charge is -2.13. The van der Waals surface area contributed by atoms with Crippen molar-refractivity contribution in [1.82, 2.24) is 4.98 Å². The molecule has 0 bridgehead atoms. The number of halogens is 1. The number of ether oxygens (including phenoxy) is 1. The highest BCUT2D eigenvalue weighted by atomic mass is 35.5. The molecule has 0 aliphatic heterocycles. The molecule has 0 atom stereocenters. The maximum Gasteiger partial charge on any atom is 0.166 e. The molecular weight excluding hydrogens is 200 g/mol. The molecule has 14 heavy (non-hydrogen) atoms. The van der Waals surface area contributed by atoms with E-state index in [0.29, 0.717) is 11.9 Å². The zero-order valence-corrected chi connectivity index (χ0v) is 8.80. The topological polar surface area (TPSA) is 48.1 Å². The van der Waals surface area contributed by atoms with Crippen molar-refractivity contribution in [3.8, 4) is 5.75 Å².